The van der Waals surface area contributed by atoms with Crippen LogP contribution in [0.2, 0.25) is 0 Å². The van der Waals surface area contributed by atoms with Gasteiger partial charge in [0.2, 0.25) is 0 Å². The molecule has 0 bridgehead atoms. The van der Waals surface area contributed by atoms with Gasteiger partial charge in [0.05, 0.1) is 16.5 Å². The van der Waals surface area contributed by atoms with Crippen LogP contribution in [0.4, 0.5) is 5.69 Å². The summed E-state index contributed by atoms with van der Waals surface area (Å²) in [6.45, 7) is 1.89. The molecule has 0 atom stereocenters. The Kier molecular flexibility index (Phi) is 5.05. The zero-order chi connectivity index (χ0) is 19.4. The molecule has 0 spiro atoms. The third kappa shape index (κ3) is 4.22. The van der Waals surface area contributed by atoms with Gasteiger partial charge in [-0.1, -0.05) is 25.1 Å². The number of H-pyrrole nitrogens is 1. The Balaban J connectivity index is 1.95. The van der Waals surface area contributed by atoms with Gasteiger partial charge in [0, 0.05) is 23.0 Å². The Morgan fingerprint density at radius 3 is 2.67 bits per heavy atom. The monoisotopic (exact) mass is 380 g/mol. The summed E-state index contributed by atoms with van der Waals surface area (Å²) < 4.78 is 27.6. The van der Waals surface area contributed by atoms with Crippen molar-refractivity contribution in [3.05, 3.63) is 76.2 Å². The van der Waals surface area contributed by atoms with E-state index in [2.05, 4.69) is 14.7 Å². The Morgan fingerprint density at radius 2 is 1.93 bits per heavy atom. The Morgan fingerprint density at radius 1 is 1.15 bits per heavy atom. The Bertz CT molecular complexity index is 1190. The highest BCUT2D eigenvalue weighted by Crippen LogP contribution is 2.22. The molecule has 0 radical (unpaired) electrons. The van der Waals surface area contributed by atoms with Gasteiger partial charge in [0.15, 0.2) is 0 Å². The summed E-state index contributed by atoms with van der Waals surface area (Å²) in [6.07, 6.45) is 0.610. The Hall–Kier alpha value is -3.44. The maximum atomic E-state index is 12.6. The number of hydrogen-bond donors (Lipinski definition) is 2. The van der Waals surface area contributed by atoms with E-state index in [9.17, 15) is 13.2 Å². The minimum Gasteiger partial charge on any atom is -0.307 e. The zero-order valence-electron chi connectivity index (χ0n) is 14.4. The number of nitrogens with zero attached hydrogens (tertiary/aromatic N) is 2. The maximum absolute atomic E-state index is 12.6. The van der Waals surface area contributed by atoms with Crippen LogP contribution in [0.1, 0.15) is 18.2 Å². The van der Waals surface area contributed by atoms with Crippen LogP contribution in [-0.2, 0) is 16.4 Å². The van der Waals surface area contributed by atoms with Crippen LogP contribution in [0.25, 0.3) is 11.4 Å². The van der Waals surface area contributed by atoms with Gasteiger partial charge in [-0.2, -0.15) is 5.26 Å². The molecule has 0 aliphatic heterocycles. The first-order chi connectivity index (χ1) is 12.9. The van der Waals surface area contributed by atoms with Crippen molar-refractivity contribution in [1.29, 1.82) is 5.26 Å². The summed E-state index contributed by atoms with van der Waals surface area (Å²) in [6, 6.07) is 15.7. The molecular weight excluding hydrogens is 364 g/mol. The van der Waals surface area contributed by atoms with E-state index in [1.807, 2.05) is 13.0 Å². The van der Waals surface area contributed by atoms with Crippen molar-refractivity contribution < 1.29 is 8.42 Å². The van der Waals surface area contributed by atoms with Crippen LogP contribution >= 0.6 is 0 Å². The standard InChI is InChI=1S/C19H16N4O3S/c1-2-15-11-18(24)22-19(21-15)14-6-4-7-16(10-14)23-27(25,26)17-8-3-5-13(9-17)12-20/h3-11,23H,2H2,1H3,(H,21,22,24). The van der Waals surface area contributed by atoms with Crippen molar-refractivity contribution in [2.75, 3.05) is 4.72 Å². The van der Waals surface area contributed by atoms with Crippen molar-refractivity contribution in [2.24, 2.45) is 0 Å². The van der Waals surface area contributed by atoms with Crippen molar-refractivity contribution in [2.45, 2.75) is 18.2 Å². The third-order valence-corrected chi connectivity index (χ3v) is 5.20. The predicted octanol–water partition coefficient (Wildman–Crippen LogP) is 2.67. The number of aromatic amines is 1. The summed E-state index contributed by atoms with van der Waals surface area (Å²) in [7, 11) is -3.86. The Labute approximate surface area is 156 Å². The molecule has 2 aromatic carbocycles. The van der Waals surface area contributed by atoms with Gasteiger partial charge in [-0.3, -0.25) is 9.52 Å². The normalized spacial score (nSPS) is 11.0. The second kappa shape index (κ2) is 7.43. The molecule has 3 rings (SSSR count). The second-order valence-corrected chi connectivity index (χ2v) is 7.45. The number of sulfonamides is 1. The molecule has 1 heterocycles. The highest BCUT2D eigenvalue weighted by atomic mass is 32.2. The lowest BCUT2D eigenvalue weighted by molar-refractivity contribution is 0.601. The molecular formula is C19H16N4O3S. The largest absolute Gasteiger partial charge is 0.307 e. The summed E-state index contributed by atoms with van der Waals surface area (Å²) in [5.74, 6) is 0.367. The van der Waals surface area contributed by atoms with E-state index in [-0.39, 0.29) is 16.0 Å². The van der Waals surface area contributed by atoms with Gasteiger partial charge in [-0.05, 0) is 36.8 Å². The van der Waals surface area contributed by atoms with Crippen molar-refractivity contribution >= 4 is 15.7 Å². The lowest BCUT2D eigenvalue weighted by Crippen LogP contribution is -2.13. The fraction of sp³-hybridized carbons (Fsp3) is 0.105. The van der Waals surface area contributed by atoms with E-state index in [0.29, 0.717) is 29.2 Å². The number of nitriles is 1. The molecule has 0 saturated carbocycles. The van der Waals surface area contributed by atoms with Crippen LogP contribution in [0, 0.1) is 11.3 Å². The molecule has 27 heavy (non-hydrogen) atoms. The SMILES string of the molecule is CCc1cc(=O)[nH]c(-c2cccc(NS(=O)(=O)c3cccc(C#N)c3)c2)n1. The van der Waals surface area contributed by atoms with Gasteiger partial charge < -0.3 is 4.98 Å². The van der Waals surface area contributed by atoms with E-state index >= 15 is 0 Å². The quantitative estimate of drug-likeness (QED) is 0.706. The summed E-state index contributed by atoms with van der Waals surface area (Å²) in [5.41, 5.74) is 1.53. The molecule has 0 amide bonds. The number of nitrogens with one attached hydrogen (secondary N) is 2. The third-order valence-electron chi connectivity index (χ3n) is 3.82. The van der Waals surface area contributed by atoms with Crippen molar-refractivity contribution in [1.82, 2.24) is 9.97 Å². The van der Waals surface area contributed by atoms with E-state index < -0.39 is 10.0 Å². The molecule has 136 valence electrons. The number of benzene rings is 2. The van der Waals surface area contributed by atoms with Crippen LogP contribution < -0.4 is 10.3 Å². The summed E-state index contributed by atoms with van der Waals surface area (Å²) in [5, 5.41) is 8.94. The first-order valence-electron chi connectivity index (χ1n) is 8.15. The smallest absolute Gasteiger partial charge is 0.261 e. The molecule has 0 saturated heterocycles. The lowest BCUT2D eigenvalue weighted by atomic mass is 10.2. The zero-order valence-corrected chi connectivity index (χ0v) is 15.2. The van der Waals surface area contributed by atoms with E-state index in [1.54, 1.807) is 24.3 Å². The average molecular weight is 380 g/mol. The molecule has 0 aliphatic rings. The maximum Gasteiger partial charge on any atom is 0.261 e. The summed E-state index contributed by atoms with van der Waals surface area (Å²) >= 11 is 0. The molecule has 0 aliphatic carbocycles. The van der Waals surface area contributed by atoms with Crippen LogP contribution in [0.5, 0.6) is 0 Å². The van der Waals surface area contributed by atoms with Crippen LogP contribution in [0.15, 0.2) is 64.3 Å². The summed E-state index contributed by atoms with van der Waals surface area (Å²) in [4.78, 5) is 18.8. The molecule has 3 aromatic rings. The molecule has 2 N–H and O–H groups in total. The minimum atomic E-state index is -3.86. The topological polar surface area (TPSA) is 116 Å². The van der Waals surface area contributed by atoms with E-state index in [4.69, 9.17) is 5.26 Å². The van der Waals surface area contributed by atoms with Crippen LogP contribution in [0.3, 0.4) is 0 Å². The number of rotatable bonds is 5. The molecule has 0 fully saturated rings. The van der Waals surface area contributed by atoms with E-state index in [0.717, 1.165) is 0 Å². The number of anilines is 1. The highest BCUT2D eigenvalue weighted by Gasteiger charge is 2.15. The average Bonchev–Trinajstić information content (AvgIpc) is 2.67. The molecule has 0 unspecified atom stereocenters. The number of hydrogen-bond acceptors (Lipinski definition) is 5. The fourth-order valence-electron chi connectivity index (χ4n) is 2.50. The molecule has 1 aromatic heterocycles. The second-order valence-electron chi connectivity index (χ2n) is 5.76. The first-order valence-corrected chi connectivity index (χ1v) is 9.63. The predicted molar refractivity (Wildman–Crippen MR) is 102 cm³/mol. The van der Waals surface area contributed by atoms with Gasteiger partial charge in [0.25, 0.3) is 15.6 Å². The molecule has 7 nitrogen and oxygen atoms in total. The van der Waals surface area contributed by atoms with Gasteiger partial charge >= 0.3 is 0 Å². The van der Waals surface area contributed by atoms with Crippen LogP contribution in [-0.4, -0.2) is 18.4 Å². The van der Waals surface area contributed by atoms with Gasteiger partial charge in [-0.15, -0.1) is 0 Å². The van der Waals surface area contributed by atoms with Gasteiger partial charge in [-0.25, -0.2) is 13.4 Å². The van der Waals surface area contributed by atoms with E-state index in [1.165, 1.54) is 30.3 Å². The molecule has 8 heteroatoms. The first kappa shape index (κ1) is 18.4. The van der Waals surface area contributed by atoms with Gasteiger partial charge in [0.1, 0.15) is 5.82 Å². The number of aromatic nitrogens is 2. The van der Waals surface area contributed by atoms with Crippen molar-refractivity contribution in [3.63, 3.8) is 0 Å². The lowest BCUT2D eigenvalue weighted by Gasteiger charge is -2.10. The van der Waals surface area contributed by atoms with Crippen molar-refractivity contribution in [3.8, 4) is 17.5 Å². The number of aryl methyl sites for hydroxylation is 1. The minimum absolute atomic E-state index is 0.00790. The fourth-order valence-corrected chi connectivity index (χ4v) is 3.60. The highest BCUT2D eigenvalue weighted by molar-refractivity contribution is 7.92.